The van der Waals surface area contributed by atoms with Crippen molar-refractivity contribution in [1.29, 1.82) is 0 Å². The Morgan fingerprint density at radius 2 is 1.81 bits per heavy atom. The third kappa shape index (κ3) is 6.86. The summed E-state index contributed by atoms with van der Waals surface area (Å²) in [6.07, 6.45) is 1.76. The second-order valence-electron chi connectivity index (χ2n) is 6.33. The molecule has 0 aliphatic heterocycles. The SMILES string of the molecule is C=CCn1c(COc2ccc(Br)cc2)nnc1SCC(=O)Nc1ccc(OCC)cc1. The molecule has 1 N–H and O–H groups in total. The number of hydrogen-bond donors (Lipinski definition) is 1. The van der Waals surface area contributed by atoms with Crippen molar-refractivity contribution < 1.29 is 14.3 Å². The van der Waals surface area contributed by atoms with Crippen molar-refractivity contribution in [2.45, 2.75) is 25.2 Å². The van der Waals surface area contributed by atoms with Gasteiger partial charge in [-0.25, -0.2) is 0 Å². The van der Waals surface area contributed by atoms with Crippen LogP contribution >= 0.6 is 27.7 Å². The van der Waals surface area contributed by atoms with Gasteiger partial charge in [0.25, 0.3) is 0 Å². The molecule has 162 valence electrons. The third-order valence-electron chi connectivity index (χ3n) is 4.07. The standard InChI is InChI=1S/C22H23BrN4O3S/c1-3-13-27-20(14-30-19-9-5-16(23)6-10-19)25-26-22(27)31-15-21(28)24-17-7-11-18(12-8-17)29-4-2/h3,5-12H,1,4,13-15H2,2H3,(H,24,28). The molecule has 9 heteroatoms. The minimum atomic E-state index is -0.130. The summed E-state index contributed by atoms with van der Waals surface area (Å²) < 4.78 is 14.1. The summed E-state index contributed by atoms with van der Waals surface area (Å²) >= 11 is 4.72. The molecule has 0 saturated carbocycles. The van der Waals surface area contributed by atoms with Gasteiger partial charge in [0.15, 0.2) is 11.0 Å². The molecule has 0 spiro atoms. The van der Waals surface area contributed by atoms with Gasteiger partial charge < -0.3 is 14.8 Å². The Morgan fingerprint density at radius 1 is 1.13 bits per heavy atom. The van der Waals surface area contributed by atoms with Crippen molar-refractivity contribution in [1.82, 2.24) is 14.8 Å². The van der Waals surface area contributed by atoms with E-state index in [4.69, 9.17) is 9.47 Å². The number of allylic oxidation sites excluding steroid dienone is 1. The number of nitrogens with one attached hydrogen (secondary N) is 1. The zero-order valence-corrected chi connectivity index (χ0v) is 19.5. The molecule has 1 aromatic heterocycles. The van der Waals surface area contributed by atoms with E-state index in [1.54, 1.807) is 6.08 Å². The van der Waals surface area contributed by atoms with Gasteiger partial charge in [0.05, 0.1) is 12.4 Å². The van der Waals surface area contributed by atoms with Crippen LogP contribution in [0.2, 0.25) is 0 Å². The third-order valence-corrected chi connectivity index (χ3v) is 5.56. The van der Waals surface area contributed by atoms with Crippen LogP contribution in [-0.2, 0) is 17.9 Å². The summed E-state index contributed by atoms with van der Waals surface area (Å²) in [6.45, 7) is 7.11. The Labute approximate surface area is 194 Å². The van der Waals surface area contributed by atoms with E-state index in [-0.39, 0.29) is 18.3 Å². The average molecular weight is 503 g/mol. The lowest BCUT2D eigenvalue weighted by molar-refractivity contribution is -0.113. The second-order valence-corrected chi connectivity index (χ2v) is 8.19. The molecule has 7 nitrogen and oxygen atoms in total. The van der Waals surface area contributed by atoms with E-state index in [9.17, 15) is 4.79 Å². The number of halogens is 1. The first-order valence-corrected chi connectivity index (χ1v) is 11.4. The van der Waals surface area contributed by atoms with Crippen molar-refractivity contribution in [3.63, 3.8) is 0 Å². The Bertz CT molecular complexity index is 1010. The van der Waals surface area contributed by atoms with Gasteiger partial charge in [-0.05, 0) is 55.5 Å². The minimum absolute atomic E-state index is 0.130. The Hall–Kier alpha value is -2.78. The Kier molecular flexibility index (Phi) is 8.54. The van der Waals surface area contributed by atoms with Crippen LogP contribution in [0, 0.1) is 0 Å². The van der Waals surface area contributed by atoms with Crippen molar-refractivity contribution >= 4 is 39.3 Å². The number of carbonyl (C=O) groups is 1. The maximum atomic E-state index is 12.3. The first-order chi connectivity index (χ1) is 15.1. The molecule has 0 radical (unpaired) electrons. The highest BCUT2D eigenvalue weighted by Crippen LogP contribution is 2.21. The number of aromatic nitrogens is 3. The van der Waals surface area contributed by atoms with Crippen molar-refractivity contribution in [3.8, 4) is 11.5 Å². The van der Waals surface area contributed by atoms with Crippen LogP contribution in [0.3, 0.4) is 0 Å². The molecule has 0 fully saturated rings. The fourth-order valence-electron chi connectivity index (χ4n) is 2.65. The highest BCUT2D eigenvalue weighted by Gasteiger charge is 2.14. The lowest BCUT2D eigenvalue weighted by Gasteiger charge is -2.10. The normalized spacial score (nSPS) is 10.5. The molecule has 1 amide bonds. The van der Waals surface area contributed by atoms with E-state index >= 15 is 0 Å². The summed E-state index contributed by atoms with van der Waals surface area (Å²) in [5, 5.41) is 11.9. The predicted octanol–water partition coefficient (Wildman–Crippen LogP) is 4.94. The molecule has 2 aromatic carbocycles. The van der Waals surface area contributed by atoms with E-state index in [1.165, 1.54) is 11.8 Å². The van der Waals surface area contributed by atoms with Crippen molar-refractivity contribution in [2.24, 2.45) is 0 Å². The van der Waals surface area contributed by atoms with Crippen molar-refractivity contribution in [3.05, 3.63) is 71.5 Å². The van der Waals surface area contributed by atoms with Gasteiger partial charge in [-0.15, -0.1) is 16.8 Å². The molecular formula is C22H23BrN4O3S. The van der Waals surface area contributed by atoms with Gasteiger partial charge in [0.1, 0.15) is 18.1 Å². The molecule has 0 atom stereocenters. The summed E-state index contributed by atoms with van der Waals surface area (Å²) in [4.78, 5) is 12.3. The lowest BCUT2D eigenvalue weighted by Crippen LogP contribution is -2.15. The Morgan fingerprint density at radius 3 is 2.48 bits per heavy atom. The molecule has 0 aliphatic rings. The molecule has 0 unspecified atom stereocenters. The highest BCUT2D eigenvalue weighted by atomic mass is 79.9. The van der Waals surface area contributed by atoms with Crippen LogP contribution in [0.4, 0.5) is 5.69 Å². The average Bonchev–Trinajstić information content (AvgIpc) is 3.15. The van der Waals surface area contributed by atoms with E-state index in [0.29, 0.717) is 29.8 Å². The molecule has 0 bridgehead atoms. The number of nitrogens with zero attached hydrogens (tertiary/aromatic N) is 3. The summed E-state index contributed by atoms with van der Waals surface area (Å²) in [5.41, 5.74) is 0.713. The number of amides is 1. The minimum Gasteiger partial charge on any atom is -0.494 e. The molecule has 0 saturated heterocycles. The van der Waals surface area contributed by atoms with E-state index < -0.39 is 0 Å². The van der Waals surface area contributed by atoms with Gasteiger partial charge in [0, 0.05) is 16.7 Å². The number of ether oxygens (including phenoxy) is 2. The number of hydrogen-bond acceptors (Lipinski definition) is 6. The molecule has 0 aliphatic carbocycles. The fraction of sp³-hybridized carbons (Fsp3) is 0.227. The second kappa shape index (κ2) is 11.6. The van der Waals surface area contributed by atoms with Crippen LogP contribution in [0.15, 0.2) is 70.8 Å². The smallest absolute Gasteiger partial charge is 0.234 e. The highest BCUT2D eigenvalue weighted by molar-refractivity contribution is 9.10. The maximum absolute atomic E-state index is 12.3. The first kappa shape index (κ1) is 22.9. The number of thioether (sulfide) groups is 1. The van der Waals surface area contributed by atoms with Crippen LogP contribution in [0.5, 0.6) is 11.5 Å². The van der Waals surface area contributed by atoms with E-state index in [0.717, 1.165) is 16.0 Å². The van der Waals surface area contributed by atoms with Gasteiger partial charge in [-0.3, -0.25) is 9.36 Å². The van der Waals surface area contributed by atoms with E-state index in [2.05, 4.69) is 38.0 Å². The van der Waals surface area contributed by atoms with E-state index in [1.807, 2.05) is 60.0 Å². The van der Waals surface area contributed by atoms with Gasteiger partial charge >= 0.3 is 0 Å². The topological polar surface area (TPSA) is 78.3 Å². The summed E-state index contributed by atoms with van der Waals surface area (Å²) in [5.74, 6) is 2.24. The zero-order valence-electron chi connectivity index (χ0n) is 17.1. The maximum Gasteiger partial charge on any atom is 0.234 e. The number of benzene rings is 2. The predicted molar refractivity (Wildman–Crippen MR) is 126 cm³/mol. The van der Waals surface area contributed by atoms with Crippen LogP contribution in [0.25, 0.3) is 0 Å². The molecule has 1 heterocycles. The molecule has 31 heavy (non-hydrogen) atoms. The van der Waals surface area contributed by atoms with Crippen molar-refractivity contribution in [2.75, 3.05) is 17.7 Å². The number of rotatable bonds is 11. The van der Waals surface area contributed by atoms with Gasteiger partial charge in [-0.1, -0.05) is 33.8 Å². The quantitative estimate of drug-likeness (QED) is 0.295. The molecule has 3 rings (SSSR count). The number of anilines is 1. The lowest BCUT2D eigenvalue weighted by atomic mass is 10.3. The fourth-order valence-corrected chi connectivity index (χ4v) is 3.68. The summed E-state index contributed by atoms with van der Waals surface area (Å²) in [6, 6.07) is 14.8. The van der Waals surface area contributed by atoms with Gasteiger partial charge in [0.2, 0.25) is 5.91 Å². The summed E-state index contributed by atoms with van der Waals surface area (Å²) in [7, 11) is 0. The van der Waals surface area contributed by atoms with Gasteiger partial charge in [-0.2, -0.15) is 0 Å². The largest absolute Gasteiger partial charge is 0.494 e. The zero-order chi connectivity index (χ0) is 22.1. The van der Waals surface area contributed by atoms with Crippen LogP contribution in [-0.4, -0.2) is 33.0 Å². The molecular weight excluding hydrogens is 480 g/mol. The first-order valence-electron chi connectivity index (χ1n) is 9.66. The Balaban J connectivity index is 1.57. The number of carbonyl (C=O) groups excluding carboxylic acids is 1. The molecule has 3 aromatic rings. The van der Waals surface area contributed by atoms with Crippen LogP contribution in [0.1, 0.15) is 12.7 Å². The monoisotopic (exact) mass is 502 g/mol. The van der Waals surface area contributed by atoms with Crippen LogP contribution < -0.4 is 14.8 Å².